The molecule has 98 valence electrons. The van der Waals surface area contributed by atoms with Gasteiger partial charge < -0.3 is 5.32 Å². The summed E-state index contributed by atoms with van der Waals surface area (Å²) in [5, 5.41) is 11.6. The van der Waals surface area contributed by atoms with Gasteiger partial charge in [-0.05, 0) is 31.0 Å². The fourth-order valence-electron chi connectivity index (χ4n) is 1.58. The summed E-state index contributed by atoms with van der Waals surface area (Å²) in [6.07, 6.45) is -3.39. The first-order chi connectivity index (χ1) is 8.38. The number of anilines is 1. The third kappa shape index (κ3) is 3.66. The maximum absolute atomic E-state index is 12.6. The molecule has 0 amide bonds. The molecule has 1 aromatic carbocycles. The van der Waals surface area contributed by atoms with E-state index in [-0.39, 0.29) is 12.5 Å². The third-order valence-electron chi connectivity index (χ3n) is 2.76. The Kier molecular flexibility index (Phi) is 4.60. The van der Waals surface area contributed by atoms with Crippen LogP contribution in [0, 0.1) is 18.3 Å². The lowest BCUT2D eigenvalue weighted by atomic mass is 10.1. The van der Waals surface area contributed by atoms with Crippen molar-refractivity contribution in [3.63, 3.8) is 0 Å². The molecule has 18 heavy (non-hydrogen) atoms. The van der Waals surface area contributed by atoms with E-state index >= 15 is 0 Å². The van der Waals surface area contributed by atoms with Crippen LogP contribution < -0.4 is 5.32 Å². The average molecular weight is 256 g/mol. The van der Waals surface area contributed by atoms with E-state index in [0.29, 0.717) is 12.1 Å². The summed E-state index contributed by atoms with van der Waals surface area (Å²) in [7, 11) is 0. The maximum Gasteiger partial charge on any atom is 0.416 e. The monoisotopic (exact) mass is 256 g/mol. The average Bonchev–Trinajstić information content (AvgIpc) is 2.29. The van der Waals surface area contributed by atoms with Gasteiger partial charge in [-0.2, -0.15) is 18.4 Å². The predicted molar refractivity (Wildman–Crippen MR) is 64.1 cm³/mol. The fourth-order valence-corrected chi connectivity index (χ4v) is 1.58. The Morgan fingerprint density at radius 3 is 2.56 bits per heavy atom. The second kappa shape index (κ2) is 5.76. The van der Waals surface area contributed by atoms with E-state index in [1.54, 1.807) is 6.92 Å². The number of nitrogens with one attached hydrogen (secondary N) is 1. The predicted octanol–water partition coefficient (Wildman–Crippen LogP) is 4.12. The Morgan fingerprint density at radius 2 is 2.06 bits per heavy atom. The van der Waals surface area contributed by atoms with Gasteiger partial charge in [0.25, 0.3) is 0 Å². The second-order valence-corrected chi connectivity index (χ2v) is 4.14. The third-order valence-corrected chi connectivity index (χ3v) is 2.76. The number of halogens is 3. The molecular formula is C13H15F3N2. The largest absolute Gasteiger partial charge is 0.416 e. The van der Waals surface area contributed by atoms with Crippen LogP contribution in [-0.4, -0.2) is 6.04 Å². The highest BCUT2D eigenvalue weighted by atomic mass is 19.4. The molecule has 1 aromatic rings. The molecule has 0 aliphatic heterocycles. The van der Waals surface area contributed by atoms with Crippen LogP contribution in [0.4, 0.5) is 18.9 Å². The van der Waals surface area contributed by atoms with E-state index < -0.39 is 11.7 Å². The van der Waals surface area contributed by atoms with Gasteiger partial charge >= 0.3 is 6.18 Å². The fraction of sp³-hybridized carbons (Fsp3) is 0.462. The normalized spacial score (nSPS) is 12.9. The maximum atomic E-state index is 12.6. The van der Waals surface area contributed by atoms with E-state index in [4.69, 9.17) is 5.26 Å². The summed E-state index contributed by atoms with van der Waals surface area (Å²) in [6, 6.07) is 5.48. The van der Waals surface area contributed by atoms with Gasteiger partial charge in [-0.15, -0.1) is 0 Å². The van der Waals surface area contributed by atoms with E-state index in [9.17, 15) is 13.2 Å². The van der Waals surface area contributed by atoms with Gasteiger partial charge in [0.1, 0.15) is 0 Å². The Bertz CT molecular complexity index is 447. The SMILES string of the molecule is CCC(CC#N)Nc1cc(C(F)(F)F)ccc1C. The standard InChI is InChI=1S/C13H15F3N2/c1-3-11(6-7-17)18-12-8-10(13(14,15)16)5-4-9(12)2/h4-5,8,11,18H,3,6H2,1-2H3. The zero-order valence-electron chi connectivity index (χ0n) is 10.3. The van der Waals surface area contributed by atoms with Crippen LogP contribution in [0.3, 0.4) is 0 Å². The van der Waals surface area contributed by atoms with Crippen molar-refractivity contribution in [3.05, 3.63) is 29.3 Å². The molecule has 0 aliphatic carbocycles. The zero-order valence-corrected chi connectivity index (χ0v) is 10.3. The molecule has 0 heterocycles. The first-order valence-corrected chi connectivity index (χ1v) is 5.69. The van der Waals surface area contributed by atoms with Gasteiger partial charge in [0.05, 0.1) is 18.1 Å². The van der Waals surface area contributed by atoms with Gasteiger partial charge in [0.15, 0.2) is 0 Å². The number of nitriles is 1. The van der Waals surface area contributed by atoms with Crippen molar-refractivity contribution in [2.45, 2.75) is 38.9 Å². The Hall–Kier alpha value is -1.70. The van der Waals surface area contributed by atoms with Crippen molar-refractivity contribution in [2.24, 2.45) is 0 Å². The van der Waals surface area contributed by atoms with E-state index in [0.717, 1.165) is 17.7 Å². The summed E-state index contributed by atoms with van der Waals surface area (Å²) in [6.45, 7) is 3.62. The molecule has 0 fully saturated rings. The van der Waals surface area contributed by atoms with Crippen LogP contribution in [0.15, 0.2) is 18.2 Å². The van der Waals surface area contributed by atoms with Crippen molar-refractivity contribution >= 4 is 5.69 Å². The number of aryl methyl sites for hydroxylation is 1. The Labute approximate surface area is 104 Å². The van der Waals surface area contributed by atoms with E-state index in [1.165, 1.54) is 6.07 Å². The number of hydrogen-bond donors (Lipinski definition) is 1. The zero-order chi connectivity index (χ0) is 13.8. The molecule has 1 N–H and O–H groups in total. The lowest BCUT2D eigenvalue weighted by Gasteiger charge is -2.18. The summed E-state index contributed by atoms with van der Waals surface area (Å²) in [4.78, 5) is 0. The number of alkyl halides is 3. The van der Waals surface area contributed by atoms with Crippen molar-refractivity contribution in [3.8, 4) is 6.07 Å². The van der Waals surface area contributed by atoms with Gasteiger partial charge in [0.2, 0.25) is 0 Å². The molecule has 0 radical (unpaired) electrons. The molecule has 1 rings (SSSR count). The smallest absolute Gasteiger partial charge is 0.381 e. The molecule has 2 nitrogen and oxygen atoms in total. The lowest BCUT2D eigenvalue weighted by molar-refractivity contribution is -0.137. The number of benzene rings is 1. The van der Waals surface area contributed by atoms with Crippen LogP contribution in [0.25, 0.3) is 0 Å². The summed E-state index contributed by atoms with van der Waals surface area (Å²) in [5.41, 5.74) is 0.494. The molecule has 0 aliphatic rings. The minimum absolute atomic E-state index is 0.128. The highest BCUT2D eigenvalue weighted by Gasteiger charge is 2.30. The van der Waals surface area contributed by atoms with Crippen LogP contribution >= 0.6 is 0 Å². The lowest BCUT2D eigenvalue weighted by Crippen LogP contribution is -2.19. The second-order valence-electron chi connectivity index (χ2n) is 4.14. The first-order valence-electron chi connectivity index (χ1n) is 5.69. The number of rotatable bonds is 4. The highest BCUT2D eigenvalue weighted by Crippen LogP contribution is 2.32. The molecule has 1 atom stereocenters. The number of hydrogen-bond acceptors (Lipinski definition) is 2. The van der Waals surface area contributed by atoms with Crippen LogP contribution in [0.1, 0.15) is 30.9 Å². The summed E-state index contributed by atoms with van der Waals surface area (Å²) < 4.78 is 37.8. The quantitative estimate of drug-likeness (QED) is 0.879. The van der Waals surface area contributed by atoms with E-state index in [1.807, 2.05) is 13.0 Å². The molecule has 0 saturated heterocycles. The molecule has 5 heteroatoms. The Morgan fingerprint density at radius 1 is 1.39 bits per heavy atom. The number of nitrogens with zero attached hydrogens (tertiary/aromatic N) is 1. The minimum Gasteiger partial charge on any atom is -0.381 e. The van der Waals surface area contributed by atoms with Crippen LogP contribution in [0.5, 0.6) is 0 Å². The van der Waals surface area contributed by atoms with Crippen molar-refractivity contribution in [1.82, 2.24) is 0 Å². The molecule has 0 bridgehead atoms. The molecule has 0 spiro atoms. The van der Waals surface area contributed by atoms with Gasteiger partial charge in [-0.3, -0.25) is 0 Å². The molecular weight excluding hydrogens is 241 g/mol. The summed E-state index contributed by atoms with van der Waals surface area (Å²) >= 11 is 0. The molecule has 0 aromatic heterocycles. The van der Waals surface area contributed by atoms with Crippen LogP contribution in [-0.2, 0) is 6.18 Å². The van der Waals surface area contributed by atoms with Crippen molar-refractivity contribution < 1.29 is 13.2 Å². The molecule has 0 saturated carbocycles. The summed E-state index contributed by atoms with van der Waals surface area (Å²) in [5.74, 6) is 0. The Balaban J connectivity index is 2.98. The van der Waals surface area contributed by atoms with Crippen molar-refractivity contribution in [1.29, 1.82) is 5.26 Å². The topological polar surface area (TPSA) is 35.8 Å². The van der Waals surface area contributed by atoms with Gasteiger partial charge in [0, 0.05) is 11.7 Å². The van der Waals surface area contributed by atoms with Crippen LogP contribution in [0.2, 0.25) is 0 Å². The van der Waals surface area contributed by atoms with E-state index in [2.05, 4.69) is 5.32 Å². The minimum atomic E-state index is -4.35. The molecule has 1 unspecified atom stereocenters. The highest BCUT2D eigenvalue weighted by molar-refractivity contribution is 5.54. The first kappa shape index (κ1) is 14.4. The van der Waals surface area contributed by atoms with Crippen molar-refractivity contribution in [2.75, 3.05) is 5.32 Å². The van der Waals surface area contributed by atoms with Gasteiger partial charge in [-0.1, -0.05) is 13.0 Å². The van der Waals surface area contributed by atoms with Gasteiger partial charge in [-0.25, -0.2) is 0 Å².